The molecule has 0 aliphatic carbocycles. The van der Waals surface area contributed by atoms with Gasteiger partial charge in [0.2, 0.25) is 5.91 Å². The minimum Gasteiger partial charge on any atom is -0.352 e. The van der Waals surface area contributed by atoms with Crippen LogP contribution in [0.25, 0.3) is 0 Å². The van der Waals surface area contributed by atoms with Gasteiger partial charge in [-0.15, -0.1) is 0 Å². The first-order chi connectivity index (χ1) is 8.74. The molecule has 1 aromatic carbocycles. The molecule has 0 bridgehead atoms. The second-order valence-corrected chi connectivity index (χ2v) is 5.24. The van der Waals surface area contributed by atoms with Crippen molar-refractivity contribution in [3.05, 3.63) is 34.9 Å². The third kappa shape index (κ3) is 4.31. The monoisotopic (exact) mass is 266 g/mol. The summed E-state index contributed by atoms with van der Waals surface area (Å²) in [5, 5.41) is 6.98. The summed E-state index contributed by atoms with van der Waals surface area (Å²) in [5.74, 6) is 0.808. The molecule has 1 atom stereocenters. The van der Waals surface area contributed by atoms with Gasteiger partial charge in [0.05, 0.1) is 0 Å². The Balaban J connectivity index is 1.66. The zero-order valence-corrected chi connectivity index (χ0v) is 11.2. The Morgan fingerprint density at radius 1 is 1.39 bits per heavy atom. The van der Waals surface area contributed by atoms with Gasteiger partial charge < -0.3 is 10.6 Å². The molecule has 1 aromatic rings. The molecule has 1 heterocycles. The first-order valence-corrected chi connectivity index (χ1v) is 6.83. The van der Waals surface area contributed by atoms with Crippen molar-refractivity contribution in [2.75, 3.05) is 13.1 Å². The maximum Gasteiger partial charge on any atom is 0.220 e. The lowest BCUT2D eigenvalue weighted by molar-refractivity contribution is -0.121. The summed E-state index contributed by atoms with van der Waals surface area (Å²) >= 11 is 5.80. The first-order valence-electron chi connectivity index (χ1n) is 6.46. The minimum absolute atomic E-state index is 0.136. The number of halogens is 1. The van der Waals surface area contributed by atoms with Gasteiger partial charge in [0.15, 0.2) is 0 Å². The van der Waals surface area contributed by atoms with Crippen LogP contribution in [0.3, 0.4) is 0 Å². The lowest BCUT2D eigenvalue weighted by Crippen LogP contribution is -2.23. The van der Waals surface area contributed by atoms with Crippen LogP contribution in [0.5, 0.6) is 0 Å². The molecular weight excluding hydrogens is 248 g/mol. The summed E-state index contributed by atoms with van der Waals surface area (Å²) in [7, 11) is 0. The standard InChI is InChI=1S/C14H19ClN2O/c15-13-4-1-11(2-5-13)10-17-14(18)6-3-12-7-8-16-9-12/h1-2,4-5,12,16H,3,6-10H2,(H,17,18). The number of rotatable bonds is 5. The van der Waals surface area contributed by atoms with Gasteiger partial charge in [-0.2, -0.15) is 0 Å². The first kappa shape index (κ1) is 13.4. The van der Waals surface area contributed by atoms with Crippen LogP contribution < -0.4 is 10.6 Å². The number of hydrogen-bond donors (Lipinski definition) is 2. The maximum absolute atomic E-state index is 11.7. The van der Waals surface area contributed by atoms with E-state index in [1.165, 1.54) is 6.42 Å². The van der Waals surface area contributed by atoms with Gasteiger partial charge in [0.25, 0.3) is 0 Å². The second-order valence-electron chi connectivity index (χ2n) is 4.80. The Kier molecular flexibility index (Phi) is 5.02. The van der Waals surface area contributed by atoms with E-state index in [1.54, 1.807) is 0 Å². The average Bonchev–Trinajstić information content (AvgIpc) is 2.89. The Hall–Kier alpha value is -1.06. The normalized spacial score (nSPS) is 18.8. The molecule has 1 aliphatic rings. The van der Waals surface area contributed by atoms with Gasteiger partial charge in [0.1, 0.15) is 0 Å². The third-order valence-corrected chi connectivity index (χ3v) is 3.60. The lowest BCUT2D eigenvalue weighted by Gasteiger charge is -2.08. The van der Waals surface area contributed by atoms with Gasteiger partial charge >= 0.3 is 0 Å². The fraction of sp³-hybridized carbons (Fsp3) is 0.500. The second kappa shape index (κ2) is 6.76. The van der Waals surface area contributed by atoms with E-state index in [4.69, 9.17) is 11.6 Å². The number of hydrogen-bond acceptors (Lipinski definition) is 2. The molecule has 3 nitrogen and oxygen atoms in total. The van der Waals surface area contributed by atoms with E-state index >= 15 is 0 Å². The van der Waals surface area contributed by atoms with Crippen LogP contribution in [0.1, 0.15) is 24.8 Å². The molecule has 1 saturated heterocycles. The van der Waals surface area contributed by atoms with Crippen LogP contribution in [-0.4, -0.2) is 19.0 Å². The Bertz CT molecular complexity index is 385. The predicted molar refractivity (Wildman–Crippen MR) is 73.5 cm³/mol. The molecule has 1 aliphatic heterocycles. The van der Waals surface area contributed by atoms with Gasteiger partial charge in [0, 0.05) is 18.0 Å². The molecule has 98 valence electrons. The zero-order chi connectivity index (χ0) is 12.8. The van der Waals surface area contributed by atoms with E-state index in [0.29, 0.717) is 18.9 Å². The topological polar surface area (TPSA) is 41.1 Å². The van der Waals surface area contributed by atoms with Crippen LogP contribution in [-0.2, 0) is 11.3 Å². The van der Waals surface area contributed by atoms with E-state index in [9.17, 15) is 4.79 Å². The van der Waals surface area contributed by atoms with Crippen LogP contribution in [0, 0.1) is 5.92 Å². The molecule has 18 heavy (non-hydrogen) atoms. The molecule has 0 aromatic heterocycles. The van der Waals surface area contributed by atoms with Crippen molar-refractivity contribution in [3.8, 4) is 0 Å². The molecule has 4 heteroatoms. The van der Waals surface area contributed by atoms with E-state index in [-0.39, 0.29) is 5.91 Å². The minimum atomic E-state index is 0.136. The fourth-order valence-corrected chi connectivity index (χ4v) is 2.31. The Labute approximate surface area is 113 Å². The SMILES string of the molecule is O=C(CCC1CCNC1)NCc1ccc(Cl)cc1. The summed E-state index contributed by atoms with van der Waals surface area (Å²) in [6.07, 6.45) is 2.81. The van der Waals surface area contributed by atoms with E-state index in [2.05, 4.69) is 10.6 Å². The van der Waals surface area contributed by atoms with Crippen LogP contribution in [0.2, 0.25) is 5.02 Å². The van der Waals surface area contributed by atoms with Crippen LogP contribution in [0.15, 0.2) is 24.3 Å². The number of carbonyl (C=O) groups is 1. The van der Waals surface area contributed by atoms with Crippen molar-refractivity contribution >= 4 is 17.5 Å². The number of benzene rings is 1. The molecule has 2 N–H and O–H groups in total. The highest BCUT2D eigenvalue weighted by Crippen LogP contribution is 2.14. The Morgan fingerprint density at radius 3 is 2.83 bits per heavy atom. The van der Waals surface area contributed by atoms with Gasteiger partial charge in [-0.1, -0.05) is 23.7 Å². The van der Waals surface area contributed by atoms with Crippen LogP contribution in [0.4, 0.5) is 0 Å². The van der Waals surface area contributed by atoms with Crippen molar-refractivity contribution in [3.63, 3.8) is 0 Å². The summed E-state index contributed by atoms with van der Waals surface area (Å²) < 4.78 is 0. The molecular formula is C14H19ClN2O. The lowest BCUT2D eigenvalue weighted by atomic mass is 10.0. The summed E-state index contributed by atoms with van der Waals surface area (Å²) in [5.41, 5.74) is 1.08. The maximum atomic E-state index is 11.7. The highest BCUT2D eigenvalue weighted by atomic mass is 35.5. The highest BCUT2D eigenvalue weighted by Gasteiger charge is 2.15. The molecule has 2 rings (SSSR count). The van der Waals surface area contributed by atoms with Gasteiger partial charge in [-0.25, -0.2) is 0 Å². The van der Waals surface area contributed by atoms with Crippen molar-refractivity contribution in [1.29, 1.82) is 0 Å². The van der Waals surface area contributed by atoms with E-state index in [0.717, 1.165) is 30.1 Å². The summed E-state index contributed by atoms with van der Waals surface area (Å²) in [6.45, 7) is 2.74. The van der Waals surface area contributed by atoms with E-state index in [1.807, 2.05) is 24.3 Å². The predicted octanol–water partition coefficient (Wildman–Crippen LogP) is 2.35. The largest absolute Gasteiger partial charge is 0.352 e. The Morgan fingerprint density at radius 2 is 2.17 bits per heavy atom. The average molecular weight is 267 g/mol. The van der Waals surface area contributed by atoms with Crippen molar-refractivity contribution in [1.82, 2.24) is 10.6 Å². The molecule has 1 fully saturated rings. The smallest absolute Gasteiger partial charge is 0.220 e. The molecule has 1 amide bonds. The van der Waals surface area contributed by atoms with Gasteiger partial charge in [-0.3, -0.25) is 4.79 Å². The number of amides is 1. The zero-order valence-electron chi connectivity index (χ0n) is 10.4. The molecule has 0 radical (unpaired) electrons. The third-order valence-electron chi connectivity index (χ3n) is 3.34. The van der Waals surface area contributed by atoms with Crippen molar-refractivity contribution in [2.24, 2.45) is 5.92 Å². The fourth-order valence-electron chi connectivity index (χ4n) is 2.19. The molecule has 0 spiro atoms. The van der Waals surface area contributed by atoms with Crippen LogP contribution >= 0.6 is 11.6 Å². The summed E-state index contributed by atoms with van der Waals surface area (Å²) in [6, 6.07) is 7.55. The molecule has 1 unspecified atom stereocenters. The van der Waals surface area contributed by atoms with E-state index < -0.39 is 0 Å². The quantitative estimate of drug-likeness (QED) is 0.859. The van der Waals surface area contributed by atoms with Gasteiger partial charge in [-0.05, 0) is 49.5 Å². The van der Waals surface area contributed by atoms with Crippen molar-refractivity contribution in [2.45, 2.75) is 25.8 Å². The number of nitrogens with one attached hydrogen (secondary N) is 2. The number of carbonyl (C=O) groups excluding carboxylic acids is 1. The highest BCUT2D eigenvalue weighted by molar-refractivity contribution is 6.30. The summed E-state index contributed by atoms with van der Waals surface area (Å²) in [4.78, 5) is 11.7. The molecule has 0 saturated carbocycles. The van der Waals surface area contributed by atoms with Crippen molar-refractivity contribution < 1.29 is 4.79 Å².